The van der Waals surface area contributed by atoms with Crippen molar-refractivity contribution in [3.63, 3.8) is 0 Å². The number of hydrogen-bond acceptors (Lipinski definition) is 3. The first-order valence-electron chi connectivity index (χ1n) is 6.91. The summed E-state index contributed by atoms with van der Waals surface area (Å²) >= 11 is 3.30. The topological polar surface area (TPSA) is 58.6 Å². The van der Waals surface area contributed by atoms with Gasteiger partial charge in [-0.15, -0.1) is 0 Å². The molecule has 5 nitrogen and oxygen atoms in total. The summed E-state index contributed by atoms with van der Waals surface area (Å²) in [5.41, 5.74) is 0.154. The van der Waals surface area contributed by atoms with Gasteiger partial charge in [0.05, 0.1) is 11.4 Å². The van der Waals surface area contributed by atoms with Gasteiger partial charge in [-0.3, -0.25) is 14.5 Å². The molecule has 0 aliphatic carbocycles. The fraction of sp³-hybridized carbons (Fsp3) is 0.125. The zero-order valence-corrected chi connectivity index (χ0v) is 13.8. The second-order valence-corrected chi connectivity index (χ2v) is 5.97. The lowest BCUT2D eigenvalue weighted by atomic mass is 10.2. The van der Waals surface area contributed by atoms with Crippen molar-refractivity contribution in [1.82, 2.24) is 0 Å². The zero-order chi connectivity index (χ0) is 17.3. The van der Waals surface area contributed by atoms with E-state index in [1.54, 1.807) is 18.2 Å². The molecule has 0 spiro atoms. The number of nitrogens with one attached hydrogen (secondary N) is 1. The Morgan fingerprint density at radius 2 is 2.04 bits per heavy atom. The molecule has 24 heavy (non-hydrogen) atoms. The highest BCUT2D eigenvalue weighted by molar-refractivity contribution is 9.10. The molecule has 124 valence electrons. The Bertz CT molecular complexity index is 829. The summed E-state index contributed by atoms with van der Waals surface area (Å²) in [5.74, 6) is -2.04. The Hall–Kier alpha value is -2.48. The van der Waals surface area contributed by atoms with E-state index >= 15 is 0 Å². The summed E-state index contributed by atoms with van der Waals surface area (Å²) in [6.07, 6.45) is 0. The van der Waals surface area contributed by atoms with Crippen LogP contribution < -0.4 is 15.0 Å². The number of carbonyl (C=O) groups is 2. The third-order valence-electron chi connectivity index (χ3n) is 3.37. The van der Waals surface area contributed by atoms with Crippen molar-refractivity contribution >= 4 is 39.1 Å². The van der Waals surface area contributed by atoms with Crippen LogP contribution in [0.4, 0.5) is 20.2 Å². The number of amides is 2. The van der Waals surface area contributed by atoms with E-state index in [4.69, 9.17) is 4.74 Å². The monoisotopic (exact) mass is 396 g/mol. The molecule has 1 aliphatic rings. The minimum atomic E-state index is -0.762. The van der Waals surface area contributed by atoms with Crippen LogP contribution in [0, 0.1) is 11.6 Å². The number of fused-ring (bicyclic) bond motifs is 1. The number of carbonyl (C=O) groups excluding carboxylic acids is 2. The molecule has 2 aromatic carbocycles. The Kier molecular flexibility index (Phi) is 4.48. The van der Waals surface area contributed by atoms with Crippen LogP contribution in [-0.4, -0.2) is 25.0 Å². The number of anilines is 2. The molecule has 0 radical (unpaired) electrons. The van der Waals surface area contributed by atoms with Crippen LogP contribution >= 0.6 is 15.9 Å². The lowest BCUT2D eigenvalue weighted by Gasteiger charge is -2.29. The summed E-state index contributed by atoms with van der Waals surface area (Å²) in [6.45, 7) is -0.544. The first kappa shape index (κ1) is 16.4. The van der Waals surface area contributed by atoms with Crippen LogP contribution in [-0.2, 0) is 9.59 Å². The average Bonchev–Trinajstić information content (AvgIpc) is 2.53. The van der Waals surface area contributed by atoms with Crippen LogP contribution in [0.25, 0.3) is 0 Å². The highest BCUT2D eigenvalue weighted by atomic mass is 79.9. The summed E-state index contributed by atoms with van der Waals surface area (Å²) in [5, 5.41) is 2.26. The Balaban J connectivity index is 1.79. The van der Waals surface area contributed by atoms with Crippen molar-refractivity contribution in [2.45, 2.75) is 0 Å². The Labute approximate surface area is 144 Å². The summed E-state index contributed by atoms with van der Waals surface area (Å²) < 4.78 is 32.8. The zero-order valence-electron chi connectivity index (χ0n) is 12.2. The molecular formula is C16H11BrF2N2O3. The molecule has 8 heteroatoms. The van der Waals surface area contributed by atoms with E-state index in [-0.39, 0.29) is 18.8 Å². The van der Waals surface area contributed by atoms with Gasteiger partial charge in [0, 0.05) is 10.5 Å². The summed E-state index contributed by atoms with van der Waals surface area (Å²) in [7, 11) is 0. The summed E-state index contributed by atoms with van der Waals surface area (Å²) in [4.78, 5) is 25.4. The van der Waals surface area contributed by atoms with Crippen molar-refractivity contribution < 1.29 is 23.1 Å². The molecule has 2 amide bonds. The lowest BCUT2D eigenvalue weighted by molar-refractivity contribution is -0.123. The fourth-order valence-electron chi connectivity index (χ4n) is 2.28. The van der Waals surface area contributed by atoms with E-state index in [9.17, 15) is 18.4 Å². The van der Waals surface area contributed by atoms with Gasteiger partial charge in [-0.25, -0.2) is 8.78 Å². The minimum absolute atomic E-state index is 0.203. The largest absolute Gasteiger partial charge is 0.482 e. The standard InChI is InChI=1S/C16H11BrF2N2O3/c17-9-1-4-13-14(5-9)24-8-16(23)21(13)7-15(22)20-12-6-10(18)2-3-11(12)19/h1-6H,7-8H2,(H,20,22). The molecule has 0 fully saturated rings. The van der Waals surface area contributed by atoms with Gasteiger partial charge in [-0.05, 0) is 30.3 Å². The molecule has 1 aliphatic heterocycles. The van der Waals surface area contributed by atoms with E-state index < -0.39 is 23.4 Å². The smallest absolute Gasteiger partial charge is 0.265 e. The van der Waals surface area contributed by atoms with Gasteiger partial charge < -0.3 is 10.1 Å². The van der Waals surface area contributed by atoms with Crippen molar-refractivity contribution in [3.05, 3.63) is 52.5 Å². The van der Waals surface area contributed by atoms with E-state index in [2.05, 4.69) is 21.2 Å². The van der Waals surface area contributed by atoms with E-state index in [0.29, 0.717) is 11.4 Å². The molecule has 0 saturated carbocycles. The molecule has 1 N–H and O–H groups in total. The predicted molar refractivity (Wildman–Crippen MR) is 87.0 cm³/mol. The second-order valence-electron chi connectivity index (χ2n) is 5.05. The van der Waals surface area contributed by atoms with Gasteiger partial charge in [-0.2, -0.15) is 0 Å². The second kappa shape index (κ2) is 6.56. The number of nitrogens with zero attached hydrogens (tertiary/aromatic N) is 1. The molecule has 0 atom stereocenters. The molecule has 2 aromatic rings. The first-order valence-corrected chi connectivity index (χ1v) is 7.71. The van der Waals surface area contributed by atoms with Crippen LogP contribution in [0.3, 0.4) is 0 Å². The van der Waals surface area contributed by atoms with Crippen molar-refractivity contribution in [1.29, 1.82) is 0 Å². The SMILES string of the molecule is O=C(CN1C(=O)COc2cc(Br)ccc21)Nc1cc(F)ccc1F. The van der Waals surface area contributed by atoms with Gasteiger partial charge in [0.1, 0.15) is 23.9 Å². The molecule has 0 unspecified atom stereocenters. The van der Waals surface area contributed by atoms with Gasteiger partial charge in [-0.1, -0.05) is 15.9 Å². The van der Waals surface area contributed by atoms with Crippen molar-refractivity contribution in [3.8, 4) is 5.75 Å². The average molecular weight is 397 g/mol. The number of benzene rings is 2. The quantitative estimate of drug-likeness (QED) is 0.866. The van der Waals surface area contributed by atoms with Gasteiger partial charge in [0.25, 0.3) is 5.91 Å². The molecule has 0 aromatic heterocycles. The Morgan fingerprint density at radius 3 is 2.83 bits per heavy atom. The molecule has 0 saturated heterocycles. The van der Waals surface area contributed by atoms with Crippen LogP contribution in [0.1, 0.15) is 0 Å². The summed E-state index contributed by atoms with van der Waals surface area (Å²) in [6, 6.07) is 7.76. The maximum Gasteiger partial charge on any atom is 0.265 e. The normalized spacial score (nSPS) is 13.3. The van der Waals surface area contributed by atoms with Crippen molar-refractivity contribution in [2.75, 3.05) is 23.4 Å². The maximum absolute atomic E-state index is 13.6. The number of halogens is 3. The predicted octanol–water partition coefficient (Wildman–Crippen LogP) is 3.09. The van der Waals surface area contributed by atoms with E-state index in [0.717, 1.165) is 22.7 Å². The van der Waals surface area contributed by atoms with Gasteiger partial charge in [0.15, 0.2) is 6.61 Å². The molecule has 1 heterocycles. The lowest BCUT2D eigenvalue weighted by Crippen LogP contribution is -2.43. The maximum atomic E-state index is 13.6. The third kappa shape index (κ3) is 3.38. The van der Waals surface area contributed by atoms with Crippen molar-refractivity contribution in [2.24, 2.45) is 0 Å². The molecule has 0 bridgehead atoms. The molecule has 3 rings (SSSR count). The molecular weight excluding hydrogens is 386 g/mol. The van der Waals surface area contributed by atoms with E-state index in [1.165, 1.54) is 4.90 Å². The third-order valence-corrected chi connectivity index (χ3v) is 3.86. The van der Waals surface area contributed by atoms with Crippen LogP contribution in [0.15, 0.2) is 40.9 Å². The highest BCUT2D eigenvalue weighted by Crippen LogP contribution is 2.34. The number of rotatable bonds is 3. The minimum Gasteiger partial charge on any atom is -0.482 e. The Morgan fingerprint density at radius 1 is 1.25 bits per heavy atom. The van der Waals surface area contributed by atoms with Gasteiger partial charge in [0.2, 0.25) is 5.91 Å². The first-order chi connectivity index (χ1) is 11.4. The number of hydrogen-bond donors (Lipinski definition) is 1. The number of ether oxygens (including phenoxy) is 1. The van der Waals surface area contributed by atoms with E-state index in [1.807, 2.05) is 0 Å². The highest BCUT2D eigenvalue weighted by Gasteiger charge is 2.27. The van der Waals surface area contributed by atoms with Crippen LogP contribution in [0.5, 0.6) is 5.75 Å². The van der Waals surface area contributed by atoms with Gasteiger partial charge >= 0.3 is 0 Å². The fourth-order valence-corrected chi connectivity index (χ4v) is 2.62. The van der Waals surface area contributed by atoms with Crippen LogP contribution in [0.2, 0.25) is 0 Å².